The second-order valence-corrected chi connectivity index (χ2v) is 10.3. The number of fused-ring (bicyclic) bond motifs is 4. The van der Waals surface area contributed by atoms with Crippen molar-refractivity contribution >= 4 is 40.9 Å². The summed E-state index contributed by atoms with van der Waals surface area (Å²) in [5.41, 5.74) is 2.48. The van der Waals surface area contributed by atoms with Crippen LogP contribution in [0.2, 0.25) is 5.02 Å². The first-order valence-corrected chi connectivity index (χ1v) is 13.6. The lowest BCUT2D eigenvalue weighted by Crippen LogP contribution is -2.30. The molecule has 3 heterocycles. The van der Waals surface area contributed by atoms with E-state index in [1.165, 1.54) is 23.9 Å². The molecular formula is C28H28ClFN8O4. The summed E-state index contributed by atoms with van der Waals surface area (Å²) in [6.45, 7) is 3.44. The zero-order valence-electron chi connectivity index (χ0n) is 23.0. The number of nitrogens with one attached hydrogen (secondary N) is 4. The number of anilines is 2. The van der Waals surface area contributed by atoms with Gasteiger partial charge in [0.25, 0.3) is 5.91 Å². The van der Waals surface area contributed by atoms with Crippen LogP contribution >= 0.6 is 11.6 Å². The lowest BCUT2D eigenvalue weighted by molar-refractivity contribution is -0.119. The van der Waals surface area contributed by atoms with Gasteiger partial charge in [-0.1, -0.05) is 36.2 Å². The van der Waals surface area contributed by atoms with Crippen molar-refractivity contribution in [3.63, 3.8) is 0 Å². The zero-order chi connectivity index (χ0) is 30.0. The molecule has 2 aromatic carbocycles. The molecule has 0 unspecified atom stereocenters. The minimum absolute atomic E-state index is 0.0278. The van der Waals surface area contributed by atoms with E-state index in [0.717, 1.165) is 0 Å². The van der Waals surface area contributed by atoms with Crippen molar-refractivity contribution in [1.29, 1.82) is 0 Å². The molecule has 2 aromatic heterocycles. The molecule has 4 aromatic rings. The van der Waals surface area contributed by atoms with Crippen LogP contribution in [0.1, 0.15) is 54.1 Å². The maximum absolute atomic E-state index is 14.6. The number of hydrogen-bond donors (Lipinski definition) is 4. The molecule has 0 saturated carbocycles. The molecule has 1 aliphatic rings. The fourth-order valence-corrected chi connectivity index (χ4v) is 4.88. The average molecular weight is 595 g/mol. The molecule has 0 aliphatic carbocycles. The van der Waals surface area contributed by atoms with E-state index in [4.69, 9.17) is 16.6 Å². The second-order valence-electron chi connectivity index (χ2n) is 9.91. The summed E-state index contributed by atoms with van der Waals surface area (Å²) >= 11 is 5.92. The van der Waals surface area contributed by atoms with Gasteiger partial charge in [-0.15, -0.1) is 5.10 Å². The van der Waals surface area contributed by atoms with Gasteiger partial charge in [0, 0.05) is 23.4 Å². The summed E-state index contributed by atoms with van der Waals surface area (Å²) in [6.07, 6.45) is 2.71. The number of hydrogen-bond acceptors (Lipinski definition) is 7. The Labute approximate surface area is 245 Å². The van der Waals surface area contributed by atoms with Crippen LogP contribution < -0.4 is 16.0 Å². The van der Waals surface area contributed by atoms with E-state index < -0.39 is 23.9 Å². The minimum Gasteiger partial charge on any atom is -0.453 e. The molecule has 3 amide bonds. The molecule has 14 heteroatoms. The summed E-state index contributed by atoms with van der Waals surface area (Å²) in [7, 11) is 1.26. The van der Waals surface area contributed by atoms with Crippen molar-refractivity contribution in [3.05, 3.63) is 70.5 Å². The number of methoxy groups -OCH3 is 1. The number of ether oxygens (including phenoxy) is 1. The van der Waals surface area contributed by atoms with Crippen LogP contribution in [0.15, 0.2) is 42.6 Å². The van der Waals surface area contributed by atoms with E-state index in [2.05, 4.69) is 36.0 Å². The summed E-state index contributed by atoms with van der Waals surface area (Å²) in [6, 6.07) is 8.97. The van der Waals surface area contributed by atoms with Gasteiger partial charge in [-0.2, -0.15) is 0 Å². The molecule has 4 N–H and O–H groups in total. The van der Waals surface area contributed by atoms with Gasteiger partial charge in [0.2, 0.25) is 5.91 Å². The molecule has 1 aliphatic heterocycles. The average Bonchev–Trinajstić information content (AvgIpc) is 3.60. The van der Waals surface area contributed by atoms with Crippen molar-refractivity contribution in [2.45, 2.75) is 39.2 Å². The van der Waals surface area contributed by atoms with Gasteiger partial charge >= 0.3 is 6.09 Å². The van der Waals surface area contributed by atoms with Crippen LogP contribution in [0.3, 0.4) is 0 Å². The van der Waals surface area contributed by atoms with Gasteiger partial charge in [0.1, 0.15) is 11.5 Å². The van der Waals surface area contributed by atoms with Crippen molar-refractivity contribution in [2.24, 2.45) is 5.92 Å². The standard InChI is InChI=1S/C28H28ClFN8O4/c1-14-6-4-8-19(34-27(40)24-15(2)38(37-36-24)22-9-5-7-18(29)23(22)30)21-13-31-25(33-21)17-11-10-16(32-28(41)42-3)12-20(17)35-26(14)39/h5,7,9-14,19H,4,6,8H2,1-3H3,(H,31,33)(H,32,41)(H,34,40)(H,35,39)/t14-,19+/m1/s1. The molecule has 218 valence electrons. The number of carbonyl (C=O) groups is 3. The van der Waals surface area contributed by atoms with Crippen molar-refractivity contribution in [3.8, 4) is 17.1 Å². The Kier molecular flexibility index (Phi) is 8.20. The third-order valence-electron chi connectivity index (χ3n) is 7.07. The molecule has 42 heavy (non-hydrogen) atoms. The van der Waals surface area contributed by atoms with Gasteiger partial charge in [-0.25, -0.2) is 18.9 Å². The first-order chi connectivity index (χ1) is 20.2. The van der Waals surface area contributed by atoms with Crippen molar-refractivity contribution < 1.29 is 23.5 Å². The summed E-state index contributed by atoms with van der Waals surface area (Å²) in [4.78, 5) is 46.0. The van der Waals surface area contributed by atoms with Crippen LogP contribution in [-0.4, -0.2) is 50.0 Å². The number of imidazole rings is 1. The largest absolute Gasteiger partial charge is 0.453 e. The Hall–Kier alpha value is -4.78. The fraction of sp³-hybridized carbons (Fsp3) is 0.286. The molecule has 12 nitrogen and oxygen atoms in total. The van der Waals surface area contributed by atoms with Crippen molar-refractivity contribution in [2.75, 3.05) is 17.7 Å². The van der Waals surface area contributed by atoms with Crippen LogP contribution in [0, 0.1) is 18.7 Å². The van der Waals surface area contributed by atoms with Gasteiger partial charge in [-0.3, -0.25) is 14.9 Å². The van der Waals surface area contributed by atoms with E-state index in [-0.39, 0.29) is 28.2 Å². The van der Waals surface area contributed by atoms with Gasteiger partial charge in [-0.05, 0) is 50.1 Å². The predicted molar refractivity (Wildman–Crippen MR) is 153 cm³/mol. The quantitative estimate of drug-likeness (QED) is 0.254. The van der Waals surface area contributed by atoms with Gasteiger partial charge in [0.05, 0.1) is 35.2 Å². The number of nitrogens with zero attached hydrogens (tertiary/aromatic N) is 4. The molecule has 0 spiro atoms. The molecule has 0 fully saturated rings. The summed E-state index contributed by atoms with van der Waals surface area (Å²) < 4.78 is 20.5. The highest BCUT2D eigenvalue weighted by molar-refractivity contribution is 6.30. The predicted octanol–water partition coefficient (Wildman–Crippen LogP) is 5.17. The van der Waals surface area contributed by atoms with E-state index >= 15 is 0 Å². The van der Waals surface area contributed by atoms with E-state index in [1.807, 2.05) is 6.92 Å². The number of benzene rings is 2. The van der Waals surface area contributed by atoms with Crippen LogP contribution in [-0.2, 0) is 9.53 Å². The Morgan fingerprint density at radius 2 is 2.02 bits per heavy atom. The van der Waals surface area contributed by atoms with Gasteiger partial charge < -0.3 is 20.4 Å². The summed E-state index contributed by atoms with van der Waals surface area (Å²) in [5, 5.41) is 16.4. The second kappa shape index (κ2) is 12.0. The van der Waals surface area contributed by atoms with E-state index in [1.54, 1.807) is 37.4 Å². The number of aromatic amines is 1. The number of H-pyrrole nitrogens is 1. The van der Waals surface area contributed by atoms with Crippen LogP contribution in [0.4, 0.5) is 20.6 Å². The Balaban J connectivity index is 1.45. The number of amides is 3. The Bertz CT molecular complexity index is 1670. The Morgan fingerprint density at radius 3 is 2.81 bits per heavy atom. The number of halogens is 2. The third kappa shape index (κ3) is 5.81. The Morgan fingerprint density at radius 1 is 1.21 bits per heavy atom. The molecular weight excluding hydrogens is 567 g/mol. The molecule has 5 rings (SSSR count). The minimum atomic E-state index is -0.672. The SMILES string of the molecule is COC(=O)Nc1ccc2c(c1)NC(=O)[C@H](C)CCC[C@H](NC(=O)c1nnn(-c3cccc(Cl)c3F)c1C)c1c[nH]c-2n1. The number of aromatic nitrogens is 5. The lowest BCUT2D eigenvalue weighted by atomic mass is 9.98. The highest BCUT2D eigenvalue weighted by Gasteiger charge is 2.26. The number of carbonyl (C=O) groups excluding carboxylic acids is 3. The summed E-state index contributed by atoms with van der Waals surface area (Å²) in [5.74, 6) is -1.25. The van der Waals surface area contributed by atoms with E-state index in [0.29, 0.717) is 53.4 Å². The smallest absolute Gasteiger partial charge is 0.411 e. The molecule has 2 bridgehead atoms. The van der Waals surface area contributed by atoms with Gasteiger partial charge in [0.15, 0.2) is 11.5 Å². The third-order valence-corrected chi connectivity index (χ3v) is 7.36. The zero-order valence-corrected chi connectivity index (χ0v) is 23.8. The topological polar surface area (TPSA) is 156 Å². The molecule has 0 radical (unpaired) electrons. The maximum atomic E-state index is 14.6. The fourth-order valence-electron chi connectivity index (χ4n) is 4.71. The monoisotopic (exact) mass is 594 g/mol. The maximum Gasteiger partial charge on any atom is 0.411 e. The van der Waals surface area contributed by atoms with Crippen molar-refractivity contribution in [1.82, 2.24) is 30.3 Å². The molecule has 0 saturated heterocycles. The normalized spacial score (nSPS) is 16.8. The first-order valence-electron chi connectivity index (χ1n) is 13.2. The number of rotatable bonds is 4. The lowest BCUT2D eigenvalue weighted by Gasteiger charge is -2.19. The van der Waals surface area contributed by atoms with Crippen LogP contribution in [0.25, 0.3) is 17.1 Å². The highest BCUT2D eigenvalue weighted by Crippen LogP contribution is 2.32. The molecule has 2 atom stereocenters. The van der Waals surface area contributed by atoms with Crippen LogP contribution in [0.5, 0.6) is 0 Å². The first kappa shape index (κ1) is 28.7. The highest BCUT2D eigenvalue weighted by atomic mass is 35.5. The van der Waals surface area contributed by atoms with E-state index in [9.17, 15) is 18.8 Å².